The minimum atomic E-state index is 0.494. The Hall–Kier alpha value is -2.08. The van der Waals surface area contributed by atoms with Gasteiger partial charge in [-0.3, -0.25) is 4.68 Å². The molecule has 0 fully saturated rings. The molecule has 2 aromatic heterocycles. The molecule has 0 aromatic carbocycles. The van der Waals surface area contributed by atoms with E-state index < -0.39 is 0 Å². The van der Waals surface area contributed by atoms with Gasteiger partial charge in [-0.25, -0.2) is 4.98 Å². The number of aryl methyl sites for hydroxylation is 1. The monoisotopic (exact) mass is 225 g/mol. The van der Waals surface area contributed by atoms with Crippen molar-refractivity contribution in [1.29, 1.82) is 0 Å². The Morgan fingerprint density at radius 1 is 1.18 bits per heavy atom. The summed E-state index contributed by atoms with van der Waals surface area (Å²) in [6, 6.07) is 5.94. The van der Waals surface area contributed by atoms with E-state index in [2.05, 4.69) is 35.8 Å². The van der Waals surface area contributed by atoms with Gasteiger partial charge in [0.2, 0.25) is 0 Å². The Morgan fingerprint density at radius 2 is 1.94 bits per heavy atom. The van der Waals surface area contributed by atoms with Crippen LogP contribution in [0.25, 0.3) is 0 Å². The Labute approximate surface area is 102 Å². The minimum absolute atomic E-state index is 0.494. The van der Waals surface area contributed by atoms with Gasteiger partial charge >= 0.3 is 0 Å². The van der Waals surface area contributed by atoms with Crippen molar-refractivity contribution in [1.82, 2.24) is 14.8 Å². The first-order chi connectivity index (χ1) is 8.15. The van der Waals surface area contributed by atoms with Crippen LogP contribution < -0.4 is 0 Å². The Kier molecular flexibility index (Phi) is 3.24. The second-order valence-electron chi connectivity index (χ2n) is 4.25. The van der Waals surface area contributed by atoms with Crippen LogP contribution in [0.15, 0.2) is 30.6 Å². The van der Waals surface area contributed by atoms with Crippen molar-refractivity contribution in [3.8, 4) is 11.8 Å². The van der Waals surface area contributed by atoms with Crippen LogP contribution in [0.1, 0.15) is 36.7 Å². The van der Waals surface area contributed by atoms with Crippen molar-refractivity contribution in [2.75, 3.05) is 0 Å². The van der Waals surface area contributed by atoms with E-state index in [4.69, 9.17) is 0 Å². The molecule has 17 heavy (non-hydrogen) atoms. The topological polar surface area (TPSA) is 30.7 Å². The molecule has 2 aromatic rings. The van der Waals surface area contributed by atoms with Crippen LogP contribution in [-0.4, -0.2) is 14.8 Å². The number of aromatic nitrogens is 3. The van der Waals surface area contributed by atoms with Crippen molar-refractivity contribution in [3.63, 3.8) is 0 Å². The highest BCUT2D eigenvalue weighted by Crippen LogP contribution is 2.13. The maximum Gasteiger partial charge on any atom is 0.135 e. The van der Waals surface area contributed by atoms with E-state index in [1.807, 2.05) is 31.4 Å². The molecule has 0 saturated carbocycles. The zero-order chi connectivity index (χ0) is 12.3. The molecule has 86 valence electrons. The number of rotatable bonds is 1. The summed E-state index contributed by atoms with van der Waals surface area (Å²) in [5, 5.41) is 4.20. The summed E-state index contributed by atoms with van der Waals surface area (Å²) < 4.78 is 1.74. The van der Waals surface area contributed by atoms with E-state index in [0.717, 1.165) is 11.4 Å². The highest BCUT2D eigenvalue weighted by atomic mass is 15.2. The number of pyridine rings is 1. The summed E-state index contributed by atoms with van der Waals surface area (Å²) in [4.78, 5) is 4.24. The van der Waals surface area contributed by atoms with Crippen molar-refractivity contribution in [2.24, 2.45) is 7.05 Å². The van der Waals surface area contributed by atoms with Gasteiger partial charge in [0, 0.05) is 19.4 Å². The van der Waals surface area contributed by atoms with E-state index in [1.54, 1.807) is 10.9 Å². The third-order valence-electron chi connectivity index (χ3n) is 2.48. The molecular weight excluding hydrogens is 210 g/mol. The van der Waals surface area contributed by atoms with Gasteiger partial charge in [-0.2, -0.15) is 5.10 Å². The molecule has 0 bridgehead atoms. The molecule has 0 atom stereocenters. The van der Waals surface area contributed by atoms with Crippen LogP contribution in [0.5, 0.6) is 0 Å². The van der Waals surface area contributed by atoms with E-state index in [0.29, 0.717) is 5.92 Å². The average molecular weight is 225 g/mol. The fourth-order valence-corrected chi connectivity index (χ4v) is 1.48. The van der Waals surface area contributed by atoms with E-state index >= 15 is 0 Å². The quantitative estimate of drug-likeness (QED) is 0.697. The summed E-state index contributed by atoms with van der Waals surface area (Å²) in [6.07, 6.45) is 3.68. The molecule has 0 radical (unpaired) electrons. The molecular formula is C14H15N3. The lowest BCUT2D eigenvalue weighted by atomic mass is 10.0. The number of hydrogen-bond donors (Lipinski definition) is 0. The summed E-state index contributed by atoms with van der Waals surface area (Å²) in [5.74, 6) is 6.53. The van der Waals surface area contributed by atoms with Gasteiger partial charge in [-0.1, -0.05) is 13.8 Å². The molecule has 0 saturated heterocycles. The smallest absolute Gasteiger partial charge is 0.135 e. The number of hydrogen-bond acceptors (Lipinski definition) is 2. The second-order valence-corrected chi connectivity index (χ2v) is 4.25. The van der Waals surface area contributed by atoms with Crippen molar-refractivity contribution < 1.29 is 0 Å². The number of nitrogens with zero attached hydrogens (tertiary/aromatic N) is 3. The molecule has 0 aliphatic heterocycles. The van der Waals surface area contributed by atoms with Crippen LogP contribution in [0, 0.1) is 11.8 Å². The third-order valence-corrected chi connectivity index (χ3v) is 2.48. The van der Waals surface area contributed by atoms with Gasteiger partial charge in [0.1, 0.15) is 11.4 Å². The lowest BCUT2D eigenvalue weighted by Gasteiger charge is -2.03. The van der Waals surface area contributed by atoms with Gasteiger partial charge in [0.25, 0.3) is 0 Å². The van der Waals surface area contributed by atoms with E-state index in [9.17, 15) is 0 Å². The van der Waals surface area contributed by atoms with E-state index in [1.165, 1.54) is 5.56 Å². The second kappa shape index (κ2) is 4.84. The lowest BCUT2D eigenvalue weighted by Crippen LogP contribution is -1.91. The molecule has 0 aliphatic rings. The minimum Gasteiger partial charge on any atom is -0.275 e. The molecule has 3 heteroatoms. The molecule has 0 aliphatic carbocycles. The highest BCUT2D eigenvalue weighted by molar-refractivity contribution is 5.37. The zero-order valence-electron chi connectivity index (χ0n) is 10.3. The summed E-state index contributed by atoms with van der Waals surface area (Å²) in [7, 11) is 1.88. The third kappa shape index (κ3) is 2.94. The molecule has 2 rings (SSSR count). The fraction of sp³-hybridized carbons (Fsp3) is 0.286. The van der Waals surface area contributed by atoms with Gasteiger partial charge in [0.15, 0.2) is 0 Å². The maximum atomic E-state index is 4.24. The first-order valence-corrected chi connectivity index (χ1v) is 5.63. The van der Waals surface area contributed by atoms with Gasteiger partial charge in [-0.05, 0) is 41.5 Å². The first-order valence-electron chi connectivity index (χ1n) is 5.63. The highest BCUT2D eigenvalue weighted by Gasteiger charge is 1.99. The molecule has 0 N–H and O–H groups in total. The Balaban J connectivity index is 2.24. The van der Waals surface area contributed by atoms with Crippen LogP contribution in [0.3, 0.4) is 0 Å². The summed E-state index contributed by atoms with van der Waals surface area (Å²) in [5.41, 5.74) is 2.82. The SMILES string of the molecule is CC(C)c1ccnc(C#Cc2ccn(C)n2)c1. The summed E-state index contributed by atoms with van der Waals surface area (Å²) in [6.45, 7) is 4.32. The van der Waals surface area contributed by atoms with Crippen molar-refractivity contribution >= 4 is 0 Å². The fourth-order valence-electron chi connectivity index (χ4n) is 1.48. The van der Waals surface area contributed by atoms with Crippen molar-refractivity contribution in [3.05, 3.63) is 47.5 Å². The van der Waals surface area contributed by atoms with Gasteiger partial charge in [0.05, 0.1) is 0 Å². The largest absolute Gasteiger partial charge is 0.275 e. The van der Waals surface area contributed by atoms with Crippen LogP contribution in [0.4, 0.5) is 0 Å². The normalized spacial score (nSPS) is 10.1. The van der Waals surface area contributed by atoms with Crippen LogP contribution in [0.2, 0.25) is 0 Å². The van der Waals surface area contributed by atoms with Gasteiger partial charge in [-0.15, -0.1) is 0 Å². The zero-order valence-corrected chi connectivity index (χ0v) is 10.3. The van der Waals surface area contributed by atoms with Gasteiger partial charge < -0.3 is 0 Å². The standard InChI is InChI=1S/C14H15N3/c1-11(2)12-6-8-15-14(10-12)5-4-13-7-9-17(3)16-13/h6-11H,1-3H3. The Bertz CT molecular complexity index is 570. The predicted molar refractivity (Wildman–Crippen MR) is 67.5 cm³/mol. The molecule has 3 nitrogen and oxygen atoms in total. The molecule has 0 unspecified atom stereocenters. The van der Waals surface area contributed by atoms with Crippen molar-refractivity contribution in [2.45, 2.75) is 19.8 Å². The predicted octanol–water partition coefficient (Wildman–Crippen LogP) is 2.34. The molecule has 0 amide bonds. The maximum absolute atomic E-state index is 4.24. The lowest BCUT2D eigenvalue weighted by molar-refractivity contribution is 0.764. The van der Waals surface area contributed by atoms with E-state index in [-0.39, 0.29) is 0 Å². The van der Waals surface area contributed by atoms with Crippen LogP contribution >= 0.6 is 0 Å². The first kappa shape index (κ1) is 11.4. The summed E-state index contributed by atoms with van der Waals surface area (Å²) >= 11 is 0. The average Bonchev–Trinajstić information content (AvgIpc) is 2.73. The van der Waals surface area contributed by atoms with Crippen LogP contribution in [-0.2, 0) is 7.05 Å². The molecule has 0 spiro atoms. The molecule has 2 heterocycles. The Morgan fingerprint density at radius 3 is 2.59 bits per heavy atom.